The maximum Gasteiger partial charge on any atom is 0.229 e. The molecule has 118 valence electrons. The van der Waals surface area contributed by atoms with E-state index in [4.69, 9.17) is 0 Å². The molecule has 5 nitrogen and oxygen atoms in total. The maximum absolute atomic E-state index is 12.1. The van der Waals surface area contributed by atoms with Crippen molar-refractivity contribution in [2.45, 2.75) is 19.3 Å². The number of hydrogen-bond donors (Lipinski definition) is 2. The fourth-order valence-electron chi connectivity index (χ4n) is 2.45. The van der Waals surface area contributed by atoms with Gasteiger partial charge in [0, 0.05) is 23.9 Å². The summed E-state index contributed by atoms with van der Waals surface area (Å²) in [7, 11) is 0. The molecule has 0 radical (unpaired) electrons. The Kier molecular flexibility index (Phi) is 6.30. The van der Waals surface area contributed by atoms with Crippen molar-refractivity contribution in [3.8, 4) is 0 Å². The summed E-state index contributed by atoms with van der Waals surface area (Å²) in [4.78, 5) is 16.5. The number of amides is 1. The van der Waals surface area contributed by atoms with E-state index in [0.29, 0.717) is 11.6 Å². The number of carbonyl (C=O) groups is 1. The summed E-state index contributed by atoms with van der Waals surface area (Å²) in [5.74, 6) is 0.915. The summed E-state index contributed by atoms with van der Waals surface area (Å²) >= 11 is 1.25. The third kappa shape index (κ3) is 4.50. The molecule has 0 atom stereocenters. The molecule has 3 rings (SSSR count). The van der Waals surface area contributed by atoms with Gasteiger partial charge in [-0.15, -0.1) is 12.4 Å². The molecule has 0 aliphatic carbocycles. The molecule has 1 fully saturated rings. The molecular weight excluding hydrogens is 320 g/mol. The van der Waals surface area contributed by atoms with Crippen molar-refractivity contribution < 1.29 is 4.79 Å². The lowest BCUT2D eigenvalue weighted by atomic mass is 9.97. The second-order valence-electron chi connectivity index (χ2n) is 5.19. The van der Waals surface area contributed by atoms with Gasteiger partial charge in [0.2, 0.25) is 11.0 Å². The molecule has 2 heterocycles. The zero-order valence-corrected chi connectivity index (χ0v) is 13.8. The summed E-state index contributed by atoms with van der Waals surface area (Å²) in [5, 5.41) is 6.76. The van der Waals surface area contributed by atoms with Gasteiger partial charge in [-0.2, -0.15) is 4.37 Å². The number of benzene rings is 1. The van der Waals surface area contributed by atoms with Gasteiger partial charge in [-0.1, -0.05) is 30.3 Å². The molecule has 7 heteroatoms. The normalized spacial score (nSPS) is 15.1. The van der Waals surface area contributed by atoms with Gasteiger partial charge in [0.25, 0.3) is 0 Å². The van der Waals surface area contributed by atoms with E-state index >= 15 is 0 Å². The lowest BCUT2D eigenvalue weighted by molar-refractivity contribution is -0.120. The van der Waals surface area contributed by atoms with Crippen LogP contribution in [0, 0.1) is 5.92 Å². The van der Waals surface area contributed by atoms with E-state index in [1.165, 1.54) is 17.1 Å². The summed E-state index contributed by atoms with van der Waals surface area (Å²) in [5.41, 5.74) is 1.17. The number of carbonyl (C=O) groups excluding carboxylic acids is 1. The molecule has 1 aromatic heterocycles. The number of rotatable bonds is 4. The first-order valence-corrected chi connectivity index (χ1v) is 7.97. The highest BCUT2D eigenvalue weighted by atomic mass is 35.5. The van der Waals surface area contributed by atoms with Crippen LogP contribution in [0.25, 0.3) is 0 Å². The lowest BCUT2D eigenvalue weighted by Crippen LogP contribution is -2.34. The monoisotopic (exact) mass is 338 g/mol. The Hall–Kier alpha value is -1.50. The number of piperidine rings is 1. The van der Waals surface area contributed by atoms with Crippen LogP contribution in [0.15, 0.2) is 30.3 Å². The van der Waals surface area contributed by atoms with Gasteiger partial charge in [0.1, 0.15) is 5.82 Å². The second-order valence-corrected chi connectivity index (χ2v) is 5.94. The fourth-order valence-corrected chi connectivity index (χ4v) is 3.04. The Morgan fingerprint density at radius 3 is 2.73 bits per heavy atom. The minimum atomic E-state index is 0. The quantitative estimate of drug-likeness (QED) is 0.898. The Bertz CT molecular complexity index is 599. The summed E-state index contributed by atoms with van der Waals surface area (Å²) in [6, 6.07) is 10.1. The highest BCUT2D eigenvalue weighted by Crippen LogP contribution is 2.18. The van der Waals surface area contributed by atoms with Crippen molar-refractivity contribution in [1.29, 1.82) is 0 Å². The van der Waals surface area contributed by atoms with Crippen LogP contribution in [0.2, 0.25) is 0 Å². The van der Waals surface area contributed by atoms with Crippen LogP contribution in [0.4, 0.5) is 5.13 Å². The smallest absolute Gasteiger partial charge is 0.229 e. The van der Waals surface area contributed by atoms with Crippen LogP contribution < -0.4 is 10.6 Å². The van der Waals surface area contributed by atoms with E-state index in [1.807, 2.05) is 30.3 Å². The van der Waals surface area contributed by atoms with E-state index in [0.717, 1.165) is 31.8 Å². The lowest BCUT2D eigenvalue weighted by Gasteiger charge is -2.20. The number of hydrogen-bond acceptors (Lipinski definition) is 5. The third-order valence-electron chi connectivity index (χ3n) is 3.61. The van der Waals surface area contributed by atoms with E-state index in [-0.39, 0.29) is 24.2 Å². The minimum Gasteiger partial charge on any atom is -0.317 e. The summed E-state index contributed by atoms with van der Waals surface area (Å²) < 4.78 is 4.31. The van der Waals surface area contributed by atoms with Crippen LogP contribution >= 0.6 is 23.9 Å². The SMILES string of the molecule is Cl.O=C(Nc1nc(Cc2ccccc2)ns1)C1CCNCC1. The number of halogens is 1. The van der Waals surface area contributed by atoms with Gasteiger partial charge in [-0.3, -0.25) is 4.79 Å². The van der Waals surface area contributed by atoms with E-state index < -0.39 is 0 Å². The van der Waals surface area contributed by atoms with Crippen LogP contribution in [0.3, 0.4) is 0 Å². The van der Waals surface area contributed by atoms with E-state index in [9.17, 15) is 4.79 Å². The Morgan fingerprint density at radius 2 is 2.00 bits per heavy atom. The number of nitrogens with zero attached hydrogens (tertiary/aromatic N) is 2. The molecule has 1 amide bonds. The molecule has 1 aliphatic heterocycles. The topological polar surface area (TPSA) is 66.9 Å². The summed E-state index contributed by atoms with van der Waals surface area (Å²) in [6.07, 6.45) is 2.48. The summed E-state index contributed by atoms with van der Waals surface area (Å²) in [6.45, 7) is 1.82. The molecule has 0 bridgehead atoms. The van der Waals surface area contributed by atoms with Gasteiger partial charge in [0.15, 0.2) is 0 Å². The van der Waals surface area contributed by atoms with Crippen molar-refractivity contribution in [3.05, 3.63) is 41.7 Å². The van der Waals surface area contributed by atoms with Crippen molar-refractivity contribution in [2.24, 2.45) is 5.92 Å². The number of aromatic nitrogens is 2. The van der Waals surface area contributed by atoms with Gasteiger partial charge < -0.3 is 10.6 Å². The molecule has 0 unspecified atom stereocenters. The van der Waals surface area contributed by atoms with Crippen LogP contribution in [0.5, 0.6) is 0 Å². The van der Waals surface area contributed by atoms with E-state index in [2.05, 4.69) is 20.0 Å². The van der Waals surface area contributed by atoms with Crippen LogP contribution in [-0.4, -0.2) is 28.4 Å². The number of anilines is 1. The molecule has 0 saturated carbocycles. The Morgan fingerprint density at radius 1 is 1.27 bits per heavy atom. The molecule has 22 heavy (non-hydrogen) atoms. The Balaban J connectivity index is 0.00000176. The largest absolute Gasteiger partial charge is 0.317 e. The maximum atomic E-state index is 12.1. The van der Waals surface area contributed by atoms with Gasteiger partial charge in [0.05, 0.1) is 0 Å². The highest BCUT2D eigenvalue weighted by molar-refractivity contribution is 7.09. The van der Waals surface area contributed by atoms with Gasteiger partial charge in [-0.25, -0.2) is 4.98 Å². The first kappa shape index (κ1) is 16.9. The molecule has 2 N–H and O–H groups in total. The van der Waals surface area contributed by atoms with Gasteiger partial charge >= 0.3 is 0 Å². The average molecular weight is 339 g/mol. The zero-order chi connectivity index (χ0) is 14.5. The predicted molar refractivity (Wildman–Crippen MR) is 90.6 cm³/mol. The molecule has 1 aliphatic rings. The van der Waals surface area contributed by atoms with Crippen molar-refractivity contribution in [1.82, 2.24) is 14.7 Å². The molecular formula is C15H19ClN4OS. The Labute approximate surface area is 140 Å². The molecule has 1 saturated heterocycles. The minimum absolute atomic E-state index is 0. The van der Waals surface area contributed by atoms with Crippen LogP contribution in [0.1, 0.15) is 24.2 Å². The first-order valence-electron chi connectivity index (χ1n) is 7.19. The molecule has 1 aromatic carbocycles. The van der Waals surface area contributed by atoms with Gasteiger partial charge in [-0.05, 0) is 31.5 Å². The zero-order valence-electron chi connectivity index (χ0n) is 12.1. The predicted octanol–water partition coefficient (Wildman–Crippen LogP) is 2.49. The third-order valence-corrected chi connectivity index (χ3v) is 4.28. The van der Waals surface area contributed by atoms with Crippen molar-refractivity contribution in [2.75, 3.05) is 18.4 Å². The molecule has 0 spiro atoms. The molecule has 2 aromatic rings. The fraction of sp³-hybridized carbons (Fsp3) is 0.400. The number of nitrogens with one attached hydrogen (secondary N) is 2. The second kappa shape index (κ2) is 8.22. The van der Waals surface area contributed by atoms with Crippen molar-refractivity contribution in [3.63, 3.8) is 0 Å². The van der Waals surface area contributed by atoms with Crippen LogP contribution in [-0.2, 0) is 11.2 Å². The van der Waals surface area contributed by atoms with E-state index in [1.54, 1.807) is 0 Å². The standard InChI is InChI=1S/C15H18N4OS.ClH/c20-14(12-6-8-16-9-7-12)18-15-17-13(19-21-15)10-11-4-2-1-3-5-11;/h1-5,12,16H,6-10H2,(H,17,18,19,20);1H. The first-order chi connectivity index (χ1) is 10.3. The highest BCUT2D eigenvalue weighted by Gasteiger charge is 2.21. The average Bonchev–Trinajstić information content (AvgIpc) is 2.96. The van der Waals surface area contributed by atoms with Crippen molar-refractivity contribution >= 4 is 35.0 Å².